The van der Waals surface area contributed by atoms with Gasteiger partial charge in [-0.25, -0.2) is 0 Å². The lowest BCUT2D eigenvalue weighted by Gasteiger charge is -2.29. The molecule has 0 spiro atoms. The number of rotatable bonds is 6. The number of hydrogen-bond donors (Lipinski definition) is 2. The highest BCUT2D eigenvalue weighted by Gasteiger charge is 2.22. The number of hydrogen-bond acceptors (Lipinski definition) is 6. The van der Waals surface area contributed by atoms with Crippen molar-refractivity contribution in [3.05, 3.63) is 40.3 Å². The van der Waals surface area contributed by atoms with Gasteiger partial charge >= 0.3 is 0 Å². The molecule has 0 saturated carbocycles. The Kier molecular flexibility index (Phi) is 5.43. The number of carbonyl (C=O) groups is 2. The van der Waals surface area contributed by atoms with E-state index in [2.05, 4.69) is 10.2 Å². The SMILES string of the molecule is COc1cc2c(cc1OC)CN(CC(=O)Nc1sccc1C(N)=O)CC2. The second kappa shape index (κ2) is 7.76. The van der Waals surface area contributed by atoms with Crippen LogP contribution in [0.5, 0.6) is 11.5 Å². The topological polar surface area (TPSA) is 93.9 Å². The van der Waals surface area contributed by atoms with E-state index in [0.717, 1.165) is 18.5 Å². The smallest absolute Gasteiger partial charge is 0.251 e. The second-order valence-electron chi connectivity index (χ2n) is 6.01. The van der Waals surface area contributed by atoms with Crippen LogP contribution >= 0.6 is 11.3 Å². The van der Waals surface area contributed by atoms with Crippen LogP contribution in [0.2, 0.25) is 0 Å². The number of amides is 2. The van der Waals surface area contributed by atoms with E-state index >= 15 is 0 Å². The minimum absolute atomic E-state index is 0.168. The van der Waals surface area contributed by atoms with Crippen LogP contribution in [0, 0.1) is 0 Å². The van der Waals surface area contributed by atoms with Crippen LogP contribution in [-0.4, -0.2) is 44.0 Å². The van der Waals surface area contributed by atoms with Crippen molar-refractivity contribution >= 4 is 28.2 Å². The van der Waals surface area contributed by atoms with Gasteiger partial charge in [0.05, 0.1) is 26.3 Å². The van der Waals surface area contributed by atoms with Crippen molar-refractivity contribution in [3.8, 4) is 11.5 Å². The molecule has 0 radical (unpaired) electrons. The van der Waals surface area contributed by atoms with Crippen molar-refractivity contribution in [1.82, 2.24) is 4.90 Å². The fraction of sp³-hybridized carbons (Fsp3) is 0.333. The molecule has 2 heterocycles. The monoisotopic (exact) mass is 375 g/mol. The van der Waals surface area contributed by atoms with E-state index in [0.29, 0.717) is 28.6 Å². The quantitative estimate of drug-likeness (QED) is 0.804. The largest absolute Gasteiger partial charge is 0.493 e. The Morgan fingerprint density at radius 2 is 1.92 bits per heavy atom. The first-order valence-corrected chi connectivity index (χ1v) is 9.03. The Morgan fingerprint density at radius 3 is 2.58 bits per heavy atom. The van der Waals surface area contributed by atoms with Gasteiger partial charge in [-0.1, -0.05) is 0 Å². The van der Waals surface area contributed by atoms with Crippen molar-refractivity contribution in [3.63, 3.8) is 0 Å². The maximum absolute atomic E-state index is 12.3. The summed E-state index contributed by atoms with van der Waals surface area (Å²) in [6.45, 7) is 1.66. The molecular weight excluding hydrogens is 354 g/mol. The van der Waals surface area contributed by atoms with Crippen molar-refractivity contribution in [2.24, 2.45) is 5.73 Å². The summed E-state index contributed by atoms with van der Waals surface area (Å²) < 4.78 is 10.7. The fourth-order valence-corrected chi connectivity index (χ4v) is 3.85. The number of nitrogens with two attached hydrogens (primary N) is 1. The number of nitrogens with one attached hydrogen (secondary N) is 1. The first-order chi connectivity index (χ1) is 12.5. The van der Waals surface area contributed by atoms with Gasteiger partial charge in [0.2, 0.25) is 5.91 Å². The normalized spacial score (nSPS) is 13.8. The van der Waals surface area contributed by atoms with E-state index in [1.54, 1.807) is 25.7 Å². The minimum Gasteiger partial charge on any atom is -0.493 e. The predicted octanol–water partition coefficient (Wildman–Crippen LogP) is 1.86. The van der Waals surface area contributed by atoms with Gasteiger partial charge in [-0.2, -0.15) is 0 Å². The Labute approximate surface area is 155 Å². The van der Waals surface area contributed by atoms with Gasteiger partial charge in [0, 0.05) is 13.1 Å². The molecule has 1 aromatic heterocycles. The van der Waals surface area contributed by atoms with Crippen molar-refractivity contribution in [2.45, 2.75) is 13.0 Å². The van der Waals surface area contributed by atoms with Crippen LogP contribution in [0.4, 0.5) is 5.00 Å². The molecule has 2 aromatic rings. The van der Waals surface area contributed by atoms with Crippen LogP contribution in [0.25, 0.3) is 0 Å². The van der Waals surface area contributed by atoms with E-state index in [9.17, 15) is 9.59 Å². The summed E-state index contributed by atoms with van der Waals surface area (Å²) in [5.74, 6) is 0.685. The average molecular weight is 375 g/mol. The maximum atomic E-state index is 12.3. The van der Waals surface area contributed by atoms with E-state index in [4.69, 9.17) is 15.2 Å². The summed E-state index contributed by atoms with van der Waals surface area (Å²) in [4.78, 5) is 25.8. The highest BCUT2D eigenvalue weighted by Crippen LogP contribution is 2.33. The number of anilines is 1. The van der Waals surface area contributed by atoms with Gasteiger partial charge < -0.3 is 20.5 Å². The molecular formula is C18H21N3O4S. The van der Waals surface area contributed by atoms with E-state index in [1.807, 2.05) is 12.1 Å². The number of nitrogens with zero attached hydrogens (tertiary/aromatic N) is 1. The van der Waals surface area contributed by atoms with Gasteiger partial charge in [0.25, 0.3) is 5.91 Å². The molecule has 0 atom stereocenters. The van der Waals surface area contributed by atoms with Gasteiger partial charge in [-0.05, 0) is 41.1 Å². The number of fused-ring (bicyclic) bond motifs is 1. The molecule has 1 aromatic carbocycles. The molecule has 8 heteroatoms. The third-order valence-electron chi connectivity index (χ3n) is 4.35. The molecule has 7 nitrogen and oxygen atoms in total. The van der Waals surface area contributed by atoms with Crippen molar-refractivity contribution < 1.29 is 19.1 Å². The minimum atomic E-state index is -0.547. The van der Waals surface area contributed by atoms with Crippen LogP contribution < -0.4 is 20.5 Å². The zero-order valence-corrected chi connectivity index (χ0v) is 15.5. The fourth-order valence-electron chi connectivity index (χ4n) is 3.05. The molecule has 0 saturated heterocycles. The molecule has 3 N–H and O–H groups in total. The molecule has 0 aliphatic carbocycles. The molecule has 0 fully saturated rings. The van der Waals surface area contributed by atoms with Crippen molar-refractivity contribution in [2.75, 3.05) is 32.6 Å². The van der Waals surface area contributed by atoms with Crippen LogP contribution in [0.3, 0.4) is 0 Å². The van der Waals surface area contributed by atoms with Crippen molar-refractivity contribution in [1.29, 1.82) is 0 Å². The van der Waals surface area contributed by atoms with Crippen LogP contribution in [0.1, 0.15) is 21.5 Å². The average Bonchev–Trinajstić information content (AvgIpc) is 3.08. The number of benzene rings is 1. The standard InChI is InChI=1S/C18H21N3O4S/c1-24-14-7-11-3-5-21(9-12(11)8-15(14)25-2)10-16(22)20-18-13(17(19)23)4-6-26-18/h4,6-8H,3,5,9-10H2,1-2H3,(H2,19,23)(H,20,22). The van der Waals surface area contributed by atoms with E-state index in [1.165, 1.54) is 16.9 Å². The van der Waals surface area contributed by atoms with Crippen LogP contribution in [-0.2, 0) is 17.8 Å². The molecule has 1 aliphatic heterocycles. The number of carbonyl (C=O) groups excluding carboxylic acids is 2. The molecule has 1 aliphatic rings. The van der Waals surface area contributed by atoms with E-state index < -0.39 is 5.91 Å². The van der Waals surface area contributed by atoms with Gasteiger partial charge in [0.15, 0.2) is 11.5 Å². The zero-order chi connectivity index (χ0) is 18.7. The number of primary amides is 1. The summed E-state index contributed by atoms with van der Waals surface area (Å²) in [5.41, 5.74) is 7.97. The van der Waals surface area contributed by atoms with Gasteiger partial charge in [-0.3, -0.25) is 14.5 Å². The lowest BCUT2D eigenvalue weighted by atomic mass is 9.99. The Hall–Kier alpha value is -2.58. The number of ether oxygens (including phenoxy) is 2. The maximum Gasteiger partial charge on any atom is 0.251 e. The van der Waals surface area contributed by atoms with E-state index in [-0.39, 0.29) is 12.5 Å². The molecule has 3 rings (SSSR count). The lowest BCUT2D eigenvalue weighted by molar-refractivity contribution is -0.117. The van der Waals surface area contributed by atoms with Crippen LogP contribution in [0.15, 0.2) is 23.6 Å². The third-order valence-corrected chi connectivity index (χ3v) is 5.18. The highest BCUT2D eigenvalue weighted by molar-refractivity contribution is 7.14. The number of thiophene rings is 1. The summed E-state index contributed by atoms with van der Waals surface area (Å²) in [6.07, 6.45) is 0.828. The third kappa shape index (κ3) is 3.81. The van der Waals surface area contributed by atoms with Gasteiger partial charge in [-0.15, -0.1) is 11.3 Å². The molecule has 138 valence electrons. The summed E-state index contributed by atoms with van der Waals surface area (Å²) in [7, 11) is 3.23. The Balaban J connectivity index is 1.66. The summed E-state index contributed by atoms with van der Waals surface area (Å²) in [5, 5.41) is 5.00. The molecule has 26 heavy (non-hydrogen) atoms. The molecule has 0 unspecified atom stereocenters. The van der Waals surface area contributed by atoms with Gasteiger partial charge in [0.1, 0.15) is 5.00 Å². The first kappa shape index (κ1) is 18.2. The highest BCUT2D eigenvalue weighted by atomic mass is 32.1. The zero-order valence-electron chi connectivity index (χ0n) is 14.7. The summed E-state index contributed by atoms with van der Waals surface area (Å²) in [6, 6.07) is 5.57. The summed E-state index contributed by atoms with van der Waals surface area (Å²) >= 11 is 1.28. The Morgan fingerprint density at radius 1 is 1.23 bits per heavy atom. The molecule has 0 bridgehead atoms. The Bertz CT molecular complexity index is 834. The molecule has 2 amide bonds. The predicted molar refractivity (Wildman–Crippen MR) is 100.0 cm³/mol. The number of methoxy groups -OCH3 is 2. The first-order valence-electron chi connectivity index (χ1n) is 8.15. The lowest BCUT2D eigenvalue weighted by Crippen LogP contribution is -2.37. The second-order valence-corrected chi connectivity index (χ2v) is 6.93.